The minimum Gasteiger partial charge on any atom is -0.348 e. The molecule has 2 N–H and O–H groups in total. The lowest BCUT2D eigenvalue weighted by atomic mass is 9.91. The third-order valence-electron chi connectivity index (χ3n) is 4.94. The Labute approximate surface area is 149 Å². The number of imidazole rings is 1. The first-order valence-electron chi connectivity index (χ1n) is 8.48. The zero-order valence-corrected chi connectivity index (χ0v) is 14.3. The van der Waals surface area contributed by atoms with Crippen molar-refractivity contribution >= 4 is 28.6 Å². The van der Waals surface area contributed by atoms with Crippen molar-refractivity contribution in [1.29, 1.82) is 0 Å². The molecule has 0 saturated heterocycles. The van der Waals surface area contributed by atoms with Crippen molar-refractivity contribution in [3.05, 3.63) is 58.6 Å². The molecule has 4 rings (SSSR count). The van der Waals surface area contributed by atoms with Gasteiger partial charge in [0.05, 0.1) is 22.1 Å². The van der Waals surface area contributed by atoms with Gasteiger partial charge in [0.1, 0.15) is 11.6 Å². The first-order valence-corrected chi connectivity index (χ1v) is 8.86. The number of aromatic nitrogens is 2. The van der Waals surface area contributed by atoms with Gasteiger partial charge in [-0.2, -0.15) is 0 Å². The van der Waals surface area contributed by atoms with Crippen molar-refractivity contribution in [2.24, 2.45) is 5.92 Å². The third-order valence-corrected chi connectivity index (χ3v) is 5.24. The van der Waals surface area contributed by atoms with Crippen LogP contribution in [0.2, 0.25) is 5.02 Å². The number of rotatable bonds is 4. The van der Waals surface area contributed by atoms with Gasteiger partial charge in [-0.3, -0.25) is 0 Å². The van der Waals surface area contributed by atoms with Crippen molar-refractivity contribution < 1.29 is 8.78 Å². The van der Waals surface area contributed by atoms with Crippen LogP contribution < -0.4 is 5.32 Å². The normalized spacial score (nSPS) is 16.4. The lowest BCUT2D eigenvalue weighted by molar-refractivity contribution is 0.430. The molecule has 1 saturated carbocycles. The average Bonchev–Trinajstić information content (AvgIpc) is 3.26. The minimum atomic E-state index is -0.692. The minimum absolute atomic E-state index is 0.000133. The number of H-pyrrole nitrogens is 1. The summed E-state index contributed by atoms with van der Waals surface area (Å²) in [6.45, 7) is 0. The van der Waals surface area contributed by atoms with Crippen molar-refractivity contribution in [1.82, 2.24) is 9.97 Å². The van der Waals surface area contributed by atoms with Crippen LogP contribution in [0, 0.1) is 17.6 Å². The van der Waals surface area contributed by atoms with Crippen LogP contribution in [0.15, 0.2) is 36.4 Å². The number of benzene rings is 2. The topological polar surface area (TPSA) is 40.7 Å². The van der Waals surface area contributed by atoms with Crippen LogP contribution in [0.3, 0.4) is 0 Å². The Balaban J connectivity index is 1.75. The number of nitrogens with zero attached hydrogens (tertiary/aromatic N) is 1. The maximum atomic E-state index is 14.6. The summed E-state index contributed by atoms with van der Waals surface area (Å²) in [5, 5.41) is 3.17. The van der Waals surface area contributed by atoms with Crippen LogP contribution >= 0.6 is 11.6 Å². The van der Waals surface area contributed by atoms with Gasteiger partial charge < -0.3 is 10.3 Å². The Morgan fingerprint density at radius 1 is 1.12 bits per heavy atom. The smallest absolute Gasteiger partial charge is 0.201 e. The van der Waals surface area contributed by atoms with Gasteiger partial charge in [-0.25, -0.2) is 13.8 Å². The summed E-state index contributed by atoms with van der Waals surface area (Å²) >= 11 is 5.91. The summed E-state index contributed by atoms with van der Waals surface area (Å²) in [6.07, 6.45) is 3.96. The van der Waals surface area contributed by atoms with E-state index in [-0.39, 0.29) is 16.5 Å². The van der Waals surface area contributed by atoms with E-state index < -0.39 is 17.7 Å². The van der Waals surface area contributed by atoms with Crippen molar-refractivity contribution in [3.63, 3.8) is 0 Å². The first-order chi connectivity index (χ1) is 12.1. The number of anilines is 1. The van der Waals surface area contributed by atoms with Crippen LogP contribution in [0.25, 0.3) is 11.0 Å². The first kappa shape index (κ1) is 16.3. The summed E-state index contributed by atoms with van der Waals surface area (Å²) in [6, 6.07) is 9.58. The summed E-state index contributed by atoms with van der Waals surface area (Å²) in [4.78, 5) is 7.66. The number of fused-ring (bicyclic) bond motifs is 1. The van der Waals surface area contributed by atoms with Gasteiger partial charge in [-0.05, 0) is 43.0 Å². The summed E-state index contributed by atoms with van der Waals surface area (Å²) < 4.78 is 29.1. The Hall–Kier alpha value is -2.14. The Bertz CT molecular complexity index is 870. The molecule has 1 fully saturated rings. The fourth-order valence-corrected chi connectivity index (χ4v) is 3.88. The zero-order valence-electron chi connectivity index (χ0n) is 13.5. The molecule has 6 heteroatoms. The van der Waals surface area contributed by atoms with Gasteiger partial charge in [0, 0.05) is 5.56 Å². The quantitative estimate of drug-likeness (QED) is 0.573. The largest absolute Gasteiger partial charge is 0.348 e. The average molecular weight is 362 g/mol. The van der Waals surface area contributed by atoms with E-state index >= 15 is 0 Å². The maximum Gasteiger partial charge on any atom is 0.201 e. The number of para-hydroxylation sites is 2. The van der Waals surface area contributed by atoms with Gasteiger partial charge in [0.15, 0.2) is 0 Å². The van der Waals surface area contributed by atoms with E-state index in [9.17, 15) is 8.78 Å². The van der Waals surface area contributed by atoms with Crippen molar-refractivity contribution in [2.45, 2.75) is 31.7 Å². The molecule has 0 spiro atoms. The molecule has 25 heavy (non-hydrogen) atoms. The van der Waals surface area contributed by atoms with Crippen LogP contribution in [0.4, 0.5) is 14.7 Å². The van der Waals surface area contributed by atoms with E-state index in [0.717, 1.165) is 36.7 Å². The van der Waals surface area contributed by atoms with E-state index in [0.29, 0.717) is 5.95 Å². The van der Waals surface area contributed by atoms with Gasteiger partial charge in [-0.1, -0.05) is 36.6 Å². The molecule has 0 bridgehead atoms. The number of halogens is 3. The number of nitrogens with one attached hydrogen (secondary N) is 2. The van der Waals surface area contributed by atoms with Gasteiger partial charge in [-0.15, -0.1) is 0 Å². The van der Waals surface area contributed by atoms with Crippen LogP contribution in [0.5, 0.6) is 0 Å². The molecule has 1 aliphatic rings. The maximum absolute atomic E-state index is 14.6. The summed E-state index contributed by atoms with van der Waals surface area (Å²) in [5.41, 5.74) is 1.68. The van der Waals surface area contributed by atoms with E-state index in [2.05, 4.69) is 15.3 Å². The number of hydrogen-bond acceptors (Lipinski definition) is 2. The van der Waals surface area contributed by atoms with Crippen LogP contribution in [-0.4, -0.2) is 9.97 Å². The van der Waals surface area contributed by atoms with Crippen LogP contribution in [0.1, 0.15) is 37.3 Å². The highest BCUT2D eigenvalue weighted by atomic mass is 35.5. The molecule has 0 radical (unpaired) electrons. The highest BCUT2D eigenvalue weighted by Crippen LogP contribution is 2.40. The highest BCUT2D eigenvalue weighted by Gasteiger charge is 2.32. The Kier molecular flexibility index (Phi) is 4.34. The Morgan fingerprint density at radius 3 is 2.64 bits per heavy atom. The second-order valence-corrected chi connectivity index (χ2v) is 6.93. The monoisotopic (exact) mass is 361 g/mol. The molecule has 1 aromatic heterocycles. The second kappa shape index (κ2) is 6.64. The van der Waals surface area contributed by atoms with Crippen molar-refractivity contribution in [2.75, 3.05) is 5.32 Å². The molecule has 0 amide bonds. The van der Waals surface area contributed by atoms with Crippen LogP contribution in [-0.2, 0) is 0 Å². The van der Waals surface area contributed by atoms with Gasteiger partial charge in [0.25, 0.3) is 0 Å². The molecule has 3 nitrogen and oxygen atoms in total. The summed E-state index contributed by atoms with van der Waals surface area (Å²) in [5.74, 6) is -0.628. The SMILES string of the molecule is Fc1ccc(Cl)c(F)c1C(Nc1nc2ccccc2[nH]1)C1CCCC1. The molecular formula is C19H18ClF2N3. The molecule has 1 aliphatic carbocycles. The fourth-order valence-electron chi connectivity index (χ4n) is 3.71. The molecule has 1 unspecified atom stereocenters. The van der Waals surface area contributed by atoms with E-state index in [1.165, 1.54) is 12.1 Å². The lowest BCUT2D eigenvalue weighted by Gasteiger charge is -2.26. The second-order valence-electron chi connectivity index (χ2n) is 6.53. The van der Waals surface area contributed by atoms with E-state index in [1.54, 1.807) is 0 Å². The van der Waals surface area contributed by atoms with Gasteiger partial charge >= 0.3 is 0 Å². The van der Waals surface area contributed by atoms with E-state index in [1.807, 2.05) is 24.3 Å². The van der Waals surface area contributed by atoms with Gasteiger partial charge in [0.2, 0.25) is 5.95 Å². The van der Waals surface area contributed by atoms with Crippen molar-refractivity contribution in [3.8, 4) is 0 Å². The molecule has 130 valence electrons. The lowest BCUT2D eigenvalue weighted by Crippen LogP contribution is -2.22. The standard InChI is InChI=1S/C19H18ClF2N3/c20-12-9-10-13(21)16(17(12)22)18(11-5-1-2-6-11)25-19-23-14-7-3-4-8-15(14)24-19/h3-4,7-11,18H,1-2,5-6H2,(H2,23,24,25). The predicted molar refractivity (Wildman–Crippen MR) is 95.8 cm³/mol. The molecule has 1 atom stereocenters. The highest BCUT2D eigenvalue weighted by molar-refractivity contribution is 6.30. The summed E-state index contributed by atoms with van der Waals surface area (Å²) in [7, 11) is 0. The molecule has 0 aliphatic heterocycles. The molecule has 3 aromatic rings. The number of hydrogen-bond donors (Lipinski definition) is 2. The Morgan fingerprint density at radius 2 is 1.88 bits per heavy atom. The third kappa shape index (κ3) is 3.09. The predicted octanol–water partition coefficient (Wildman–Crippen LogP) is 5.84. The molecular weight excluding hydrogens is 344 g/mol. The molecule has 2 aromatic carbocycles. The zero-order chi connectivity index (χ0) is 17.4. The molecule has 1 heterocycles. The number of aromatic amines is 1. The van der Waals surface area contributed by atoms with E-state index in [4.69, 9.17) is 11.6 Å². The fraction of sp³-hybridized carbons (Fsp3) is 0.316.